The molecule has 0 saturated carbocycles. The van der Waals surface area contributed by atoms with Gasteiger partial charge in [-0.2, -0.15) is 13.9 Å². The standard InChI is InChI=1S/C18H16F2N6O2S/c1-29-10-3-4-14(28-18(19)20)11(7-10)15-13(9-22-25-15)24-17(27)12-8-23-26-6-2-5-21-16(12)26/h2-7,9,18,23H,8H2,1H3,(H,22,25)(H,24,27). The van der Waals surface area contributed by atoms with Gasteiger partial charge >= 0.3 is 6.61 Å². The van der Waals surface area contributed by atoms with Crippen LogP contribution in [0.1, 0.15) is 0 Å². The van der Waals surface area contributed by atoms with Crippen LogP contribution in [0.25, 0.3) is 11.3 Å². The fraction of sp³-hybridized carbons (Fsp3) is 0.167. The van der Waals surface area contributed by atoms with E-state index in [-0.39, 0.29) is 11.7 Å². The van der Waals surface area contributed by atoms with E-state index in [0.717, 1.165) is 4.90 Å². The van der Waals surface area contributed by atoms with Crippen LogP contribution in [0.3, 0.4) is 0 Å². The number of aromatic amines is 1. The Morgan fingerprint density at radius 3 is 3.07 bits per heavy atom. The Morgan fingerprint density at radius 1 is 1.41 bits per heavy atom. The van der Waals surface area contributed by atoms with Crippen molar-refractivity contribution in [1.82, 2.24) is 20.6 Å². The van der Waals surface area contributed by atoms with E-state index in [1.807, 2.05) is 6.26 Å². The quantitative estimate of drug-likeness (QED) is 0.625. The molecule has 150 valence electrons. The molecule has 0 aliphatic carbocycles. The first-order chi connectivity index (χ1) is 14.1. The van der Waals surface area contributed by atoms with Gasteiger partial charge in [-0.25, -0.2) is 10.4 Å². The van der Waals surface area contributed by atoms with Gasteiger partial charge in [0.05, 0.1) is 11.3 Å². The van der Waals surface area contributed by atoms with Gasteiger partial charge in [-0.15, -0.1) is 11.8 Å². The molecule has 2 aliphatic heterocycles. The fourth-order valence-corrected chi connectivity index (χ4v) is 3.40. The summed E-state index contributed by atoms with van der Waals surface area (Å²) in [6, 6.07) is 4.82. The molecule has 0 bridgehead atoms. The molecule has 2 aliphatic rings. The largest absolute Gasteiger partial charge is 0.434 e. The number of thioether (sulfide) groups is 1. The molecule has 0 spiro atoms. The van der Waals surface area contributed by atoms with Crippen molar-refractivity contribution in [3.8, 4) is 17.0 Å². The second-order valence-electron chi connectivity index (χ2n) is 5.97. The Labute approximate surface area is 168 Å². The number of nitrogens with zero attached hydrogens (tertiary/aromatic N) is 3. The lowest BCUT2D eigenvalue weighted by Gasteiger charge is -2.15. The monoisotopic (exact) mass is 418 g/mol. The number of ether oxygens (including phenoxy) is 1. The van der Waals surface area contributed by atoms with Crippen molar-refractivity contribution in [2.45, 2.75) is 11.5 Å². The number of aromatic nitrogens is 2. The molecule has 3 N–H and O–H groups in total. The van der Waals surface area contributed by atoms with Crippen LogP contribution in [-0.2, 0) is 4.79 Å². The molecule has 29 heavy (non-hydrogen) atoms. The van der Waals surface area contributed by atoms with Gasteiger partial charge in [-0.3, -0.25) is 14.9 Å². The highest BCUT2D eigenvalue weighted by Gasteiger charge is 2.27. The second-order valence-corrected chi connectivity index (χ2v) is 6.85. The third-order valence-electron chi connectivity index (χ3n) is 4.26. The van der Waals surface area contributed by atoms with E-state index in [1.54, 1.807) is 35.6 Å². The number of carbonyl (C=O) groups is 1. The summed E-state index contributed by atoms with van der Waals surface area (Å²) in [6.07, 6.45) is 8.45. The Balaban J connectivity index is 1.65. The average Bonchev–Trinajstić information content (AvgIpc) is 3.34. The number of hydrazine groups is 1. The lowest BCUT2D eigenvalue weighted by molar-refractivity contribution is -0.112. The van der Waals surface area contributed by atoms with Crippen LogP contribution in [0.5, 0.6) is 5.75 Å². The number of alkyl halides is 2. The van der Waals surface area contributed by atoms with Crippen molar-refractivity contribution >= 4 is 29.6 Å². The molecular formula is C18H16F2N6O2S. The van der Waals surface area contributed by atoms with Crippen LogP contribution >= 0.6 is 11.8 Å². The minimum absolute atomic E-state index is 0.0295. The molecule has 8 nitrogen and oxygen atoms in total. The molecule has 0 saturated heterocycles. The lowest BCUT2D eigenvalue weighted by atomic mass is 10.1. The van der Waals surface area contributed by atoms with Gasteiger partial charge in [-0.05, 0) is 30.5 Å². The van der Waals surface area contributed by atoms with Crippen molar-refractivity contribution in [2.75, 3.05) is 18.1 Å². The number of amides is 1. The van der Waals surface area contributed by atoms with E-state index < -0.39 is 6.61 Å². The van der Waals surface area contributed by atoms with Gasteiger partial charge < -0.3 is 10.1 Å². The van der Waals surface area contributed by atoms with E-state index in [9.17, 15) is 13.6 Å². The first kappa shape index (κ1) is 19.2. The summed E-state index contributed by atoms with van der Waals surface area (Å²) in [7, 11) is 0. The molecule has 0 radical (unpaired) electrons. The smallest absolute Gasteiger partial charge is 0.387 e. The molecule has 3 heterocycles. The molecule has 1 aromatic heterocycles. The maximum Gasteiger partial charge on any atom is 0.387 e. The van der Waals surface area contributed by atoms with Gasteiger partial charge in [0.2, 0.25) is 0 Å². The highest BCUT2D eigenvalue weighted by Crippen LogP contribution is 2.37. The second kappa shape index (κ2) is 8.05. The number of carbonyl (C=O) groups excluding carboxylic acids is 1. The molecule has 4 rings (SSSR count). The van der Waals surface area contributed by atoms with Gasteiger partial charge in [0.25, 0.3) is 5.91 Å². The normalized spacial score (nSPS) is 15.2. The number of H-pyrrole nitrogens is 1. The van der Waals surface area contributed by atoms with Gasteiger partial charge in [-0.1, -0.05) is 0 Å². The number of benzene rings is 1. The SMILES string of the molecule is CSc1ccc(OC(F)F)c(-c2n[nH]cc2NC(=O)C2=C3N=CC=CN3NC2)c1. The third-order valence-corrected chi connectivity index (χ3v) is 4.99. The number of hydrogen-bond acceptors (Lipinski definition) is 7. The van der Waals surface area contributed by atoms with Crippen LogP contribution < -0.4 is 15.5 Å². The summed E-state index contributed by atoms with van der Waals surface area (Å²) >= 11 is 1.45. The number of halogens is 2. The first-order valence-corrected chi connectivity index (χ1v) is 9.74. The molecule has 11 heteroatoms. The van der Waals surface area contributed by atoms with Crippen LogP contribution in [0.15, 0.2) is 58.0 Å². The first-order valence-electron chi connectivity index (χ1n) is 8.52. The van der Waals surface area contributed by atoms with Crippen LogP contribution in [-0.4, -0.2) is 46.7 Å². The van der Waals surface area contributed by atoms with Crippen LogP contribution in [0.2, 0.25) is 0 Å². The van der Waals surface area contributed by atoms with E-state index in [1.165, 1.54) is 24.0 Å². The third kappa shape index (κ3) is 3.87. The molecular weight excluding hydrogens is 402 g/mol. The maximum atomic E-state index is 12.8. The lowest BCUT2D eigenvalue weighted by Crippen LogP contribution is -2.27. The van der Waals surface area contributed by atoms with Crippen molar-refractivity contribution in [3.63, 3.8) is 0 Å². The topological polar surface area (TPSA) is 94.6 Å². The zero-order valence-electron chi connectivity index (χ0n) is 15.1. The van der Waals surface area contributed by atoms with Crippen molar-refractivity contribution in [2.24, 2.45) is 4.99 Å². The summed E-state index contributed by atoms with van der Waals surface area (Å²) in [4.78, 5) is 17.9. The van der Waals surface area contributed by atoms with Crippen molar-refractivity contribution < 1.29 is 18.3 Å². The maximum absolute atomic E-state index is 12.8. The molecule has 1 aromatic carbocycles. The fourth-order valence-electron chi connectivity index (χ4n) is 2.96. The predicted molar refractivity (Wildman–Crippen MR) is 106 cm³/mol. The number of aliphatic imine (C=N–C) groups is 1. The zero-order valence-corrected chi connectivity index (χ0v) is 16.0. The van der Waals surface area contributed by atoms with Gasteiger partial charge in [0, 0.05) is 35.6 Å². The molecule has 0 atom stereocenters. The summed E-state index contributed by atoms with van der Waals surface area (Å²) in [5.41, 5.74) is 4.46. The van der Waals surface area contributed by atoms with E-state index in [0.29, 0.717) is 34.9 Å². The summed E-state index contributed by atoms with van der Waals surface area (Å²) in [5, 5.41) is 11.2. The number of anilines is 1. The highest BCUT2D eigenvalue weighted by atomic mass is 32.2. The number of hydrogen-bond donors (Lipinski definition) is 3. The Kier molecular flexibility index (Phi) is 5.32. The zero-order chi connectivity index (χ0) is 20.4. The van der Waals surface area contributed by atoms with Crippen molar-refractivity contribution in [3.05, 3.63) is 48.1 Å². The Hall–Kier alpha value is -3.18. The molecule has 2 aromatic rings. The molecule has 0 fully saturated rings. The number of allylic oxidation sites excluding steroid dienone is 1. The van der Waals surface area contributed by atoms with Crippen LogP contribution in [0.4, 0.5) is 14.5 Å². The van der Waals surface area contributed by atoms with Crippen LogP contribution in [0, 0.1) is 0 Å². The van der Waals surface area contributed by atoms with E-state index in [2.05, 4.69) is 30.7 Å². The minimum Gasteiger partial charge on any atom is -0.434 e. The number of nitrogens with one attached hydrogen (secondary N) is 3. The molecule has 1 amide bonds. The number of rotatable bonds is 6. The van der Waals surface area contributed by atoms with Crippen molar-refractivity contribution in [1.29, 1.82) is 0 Å². The van der Waals surface area contributed by atoms with Gasteiger partial charge in [0.1, 0.15) is 11.4 Å². The van der Waals surface area contributed by atoms with Gasteiger partial charge in [0.15, 0.2) is 5.82 Å². The van der Waals surface area contributed by atoms with E-state index >= 15 is 0 Å². The van der Waals surface area contributed by atoms with E-state index in [4.69, 9.17) is 0 Å². The average molecular weight is 418 g/mol. The Bertz CT molecular complexity index is 1030. The summed E-state index contributed by atoms with van der Waals surface area (Å²) in [5.74, 6) is 0.0988. The summed E-state index contributed by atoms with van der Waals surface area (Å²) in [6.45, 7) is -2.68. The Morgan fingerprint density at radius 2 is 2.28 bits per heavy atom. The minimum atomic E-state index is -2.98. The highest BCUT2D eigenvalue weighted by molar-refractivity contribution is 7.98. The summed E-state index contributed by atoms with van der Waals surface area (Å²) < 4.78 is 30.3. The number of fused-ring (bicyclic) bond motifs is 1. The molecule has 0 unspecified atom stereocenters. The predicted octanol–water partition coefficient (Wildman–Crippen LogP) is 2.97.